The van der Waals surface area contributed by atoms with Gasteiger partial charge in [-0.3, -0.25) is 9.59 Å². The summed E-state index contributed by atoms with van der Waals surface area (Å²) in [4.78, 5) is 26.4. The summed E-state index contributed by atoms with van der Waals surface area (Å²) in [7, 11) is 1.50. The van der Waals surface area contributed by atoms with Crippen LogP contribution in [0.25, 0.3) is 0 Å². The Balaban J connectivity index is 1.72. The maximum Gasteiger partial charge on any atom is 0.255 e. The van der Waals surface area contributed by atoms with Crippen molar-refractivity contribution in [1.29, 1.82) is 0 Å². The molecule has 2 aromatic rings. The Morgan fingerprint density at radius 2 is 1.89 bits per heavy atom. The molecule has 2 amide bonds. The summed E-state index contributed by atoms with van der Waals surface area (Å²) in [5, 5.41) is 2.89. The van der Waals surface area contributed by atoms with Crippen LogP contribution < -0.4 is 15.0 Å². The Morgan fingerprint density at radius 3 is 2.56 bits per heavy atom. The summed E-state index contributed by atoms with van der Waals surface area (Å²) in [6.07, 6.45) is 0.885. The molecule has 6 heteroatoms. The van der Waals surface area contributed by atoms with Crippen molar-refractivity contribution in [3.05, 3.63) is 53.6 Å². The van der Waals surface area contributed by atoms with Gasteiger partial charge in [0.05, 0.1) is 6.10 Å². The molecule has 0 spiro atoms. The minimum atomic E-state index is -0.209. The van der Waals surface area contributed by atoms with Crippen molar-refractivity contribution >= 4 is 23.2 Å². The minimum Gasteiger partial charge on any atom is -0.491 e. The predicted octanol–water partition coefficient (Wildman–Crippen LogP) is 3.26. The average Bonchev–Trinajstić information content (AvgIpc) is 3.05. The predicted molar refractivity (Wildman–Crippen MR) is 105 cm³/mol. The van der Waals surface area contributed by atoms with Crippen molar-refractivity contribution in [2.24, 2.45) is 0 Å². The number of methoxy groups -OCH3 is 1. The zero-order valence-electron chi connectivity index (χ0n) is 15.8. The average molecular weight is 368 g/mol. The van der Waals surface area contributed by atoms with Crippen LogP contribution in [0.2, 0.25) is 0 Å². The van der Waals surface area contributed by atoms with Gasteiger partial charge in [0.2, 0.25) is 0 Å². The first kappa shape index (κ1) is 18.9. The van der Waals surface area contributed by atoms with E-state index < -0.39 is 0 Å². The van der Waals surface area contributed by atoms with Gasteiger partial charge in [-0.05, 0) is 62.2 Å². The zero-order valence-corrected chi connectivity index (χ0v) is 15.8. The Kier molecular flexibility index (Phi) is 5.76. The molecule has 3 rings (SSSR count). The lowest BCUT2D eigenvalue weighted by Crippen LogP contribution is -2.32. The van der Waals surface area contributed by atoms with Crippen LogP contribution in [-0.2, 0) is 16.0 Å². The van der Waals surface area contributed by atoms with Crippen LogP contribution in [0.15, 0.2) is 42.5 Å². The second-order valence-corrected chi connectivity index (χ2v) is 6.72. The van der Waals surface area contributed by atoms with Gasteiger partial charge in [0.15, 0.2) is 0 Å². The number of benzene rings is 2. The first-order valence-corrected chi connectivity index (χ1v) is 8.98. The molecule has 0 saturated carbocycles. The fourth-order valence-corrected chi connectivity index (χ4v) is 3.08. The van der Waals surface area contributed by atoms with Crippen LogP contribution in [0.5, 0.6) is 5.75 Å². The number of nitrogens with one attached hydrogen (secondary N) is 1. The van der Waals surface area contributed by atoms with Gasteiger partial charge >= 0.3 is 0 Å². The highest BCUT2D eigenvalue weighted by Crippen LogP contribution is 2.31. The van der Waals surface area contributed by atoms with E-state index in [2.05, 4.69) is 5.32 Å². The van der Waals surface area contributed by atoms with Crippen LogP contribution >= 0.6 is 0 Å². The van der Waals surface area contributed by atoms with E-state index in [4.69, 9.17) is 9.47 Å². The van der Waals surface area contributed by atoms with E-state index in [0.717, 1.165) is 23.4 Å². The lowest BCUT2D eigenvalue weighted by atomic mass is 10.1. The molecule has 1 aliphatic rings. The number of hydrogen-bond donors (Lipinski definition) is 1. The number of nitrogens with zero attached hydrogens (tertiary/aromatic N) is 1. The van der Waals surface area contributed by atoms with Gasteiger partial charge in [-0.25, -0.2) is 0 Å². The summed E-state index contributed by atoms with van der Waals surface area (Å²) in [5.41, 5.74) is 3.11. The number of hydrogen-bond acceptors (Lipinski definition) is 4. The highest BCUT2D eigenvalue weighted by atomic mass is 16.5. The molecular formula is C21H24N2O4. The Labute approximate surface area is 159 Å². The molecule has 0 fully saturated rings. The van der Waals surface area contributed by atoms with Crippen molar-refractivity contribution in [2.75, 3.05) is 30.5 Å². The van der Waals surface area contributed by atoms with E-state index in [-0.39, 0.29) is 24.5 Å². The smallest absolute Gasteiger partial charge is 0.255 e. The first-order valence-electron chi connectivity index (χ1n) is 8.98. The molecule has 1 N–H and O–H groups in total. The van der Waals surface area contributed by atoms with Gasteiger partial charge in [-0.1, -0.05) is 6.07 Å². The maximum atomic E-state index is 12.5. The highest BCUT2D eigenvalue weighted by molar-refractivity contribution is 6.05. The first-order chi connectivity index (χ1) is 13.0. The zero-order chi connectivity index (χ0) is 19.4. The molecule has 2 aromatic carbocycles. The second-order valence-electron chi connectivity index (χ2n) is 6.72. The van der Waals surface area contributed by atoms with Gasteiger partial charge in [0.25, 0.3) is 11.8 Å². The van der Waals surface area contributed by atoms with Crippen molar-refractivity contribution in [3.8, 4) is 5.75 Å². The molecular weight excluding hydrogens is 344 g/mol. The van der Waals surface area contributed by atoms with Gasteiger partial charge in [-0.2, -0.15) is 0 Å². The number of anilines is 2. The SMILES string of the molecule is COCC(=O)N1CCc2ccc(NC(=O)c3ccc(OC(C)C)cc3)cc21. The van der Waals surface area contributed by atoms with Gasteiger partial charge in [0.1, 0.15) is 12.4 Å². The van der Waals surface area contributed by atoms with Crippen molar-refractivity contribution < 1.29 is 19.1 Å². The van der Waals surface area contributed by atoms with E-state index in [1.54, 1.807) is 29.2 Å². The molecule has 0 aromatic heterocycles. The number of ether oxygens (including phenoxy) is 2. The molecule has 0 radical (unpaired) electrons. The number of carbonyl (C=O) groups excluding carboxylic acids is 2. The van der Waals surface area contributed by atoms with Crippen LogP contribution in [0.1, 0.15) is 29.8 Å². The summed E-state index contributed by atoms with van der Waals surface area (Å²) in [6, 6.07) is 12.7. The summed E-state index contributed by atoms with van der Waals surface area (Å²) in [6.45, 7) is 4.58. The van der Waals surface area contributed by atoms with Crippen LogP contribution in [0.4, 0.5) is 11.4 Å². The highest BCUT2D eigenvalue weighted by Gasteiger charge is 2.24. The Bertz CT molecular complexity index is 831. The third-order valence-electron chi connectivity index (χ3n) is 4.30. The summed E-state index contributed by atoms with van der Waals surface area (Å²) >= 11 is 0. The quantitative estimate of drug-likeness (QED) is 0.850. The largest absolute Gasteiger partial charge is 0.491 e. The van der Waals surface area contributed by atoms with E-state index in [1.165, 1.54) is 7.11 Å². The maximum absolute atomic E-state index is 12.5. The Morgan fingerprint density at radius 1 is 1.15 bits per heavy atom. The molecule has 0 bridgehead atoms. The molecule has 1 heterocycles. The number of rotatable bonds is 6. The summed E-state index contributed by atoms with van der Waals surface area (Å²) < 4.78 is 10.5. The van der Waals surface area contributed by atoms with Gasteiger partial charge < -0.3 is 19.7 Å². The van der Waals surface area contributed by atoms with Crippen molar-refractivity contribution in [3.63, 3.8) is 0 Å². The van der Waals surface area contributed by atoms with Crippen molar-refractivity contribution in [2.45, 2.75) is 26.4 Å². The molecule has 142 valence electrons. The molecule has 1 aliphatic heterocycles. The van der Waals surface area contributed by atoms with Crippen LogP contribution in [0, 0.1) is 0 Å². The van der Waals surface area contributed by atoms with Crippen LogP contribution in [0.3, 0.4) is 0 Å². The molecule has 6 nitrogen and oxygen atoms in total. The number of carbonyl (C=O) groups is 2. The summed E-state index contributed by atoms with van der Waals surface area (Å²) in [5.74, 6) is 0.436. The Hall–Kier alpha value is -2.86. The van der Waals surface area contributed by atoms with E-state index >= 15 is 0 Å². The van der Waals surface area contributed by atoms with Gasteiger partial charge in [-0.15, -0.1) is 0 Å². The lowest BCUT2D eigenvalue weighted by molar-refractivity contribution is -0.122. The molecule has 27 heavy (non-hydrogen) atoms. The number of amides is 2. The fraction of sp³-hybridized carbons (Fsp3) is 0.333. The van der Waals surface area contributed by atoms with Gasteiger partial charge in [0, 0.05) is 30.6 Å². The molecule has 0 unspecified atom stereocenters. The van der Waals surface area contributed by atoms with Crippen molar-refractivity contribution in [1.82, 2.24) is 0 Å². The van der Waals surface area contributed by atoms with E-state index in [1.807, 2.05) is 32.0 Å². The molecule has 0 atom stereocenters. The van der Waals surface area contributed by atoms with E-state index in [9.17, 15) is 9.59 Å². The standard InChI is InChI=1S/C21H24N2O4/c1-14(2)27-18-8-5-16(6-9-18)21(25)22-17-7-4-15-10-11-23(19(15)12-17)20(24)13-26-3/h4-9,12,14H,10-11,13H2,1-3H3,(H,22,25). The third kappa shape index (κ3) is 4.46. The molecule has 0 aliphatic carbocycles. The lowest BCUT2D eigenvalue weighted by Gasteiger charge is -2.17. The normalized spacial score (nSPS) is 12.8. The monoisotopic (exact) mass is 368 g/mol. The van der Waals surface area contributed by atoms with Crippen LogP contribution in [-0.4, -0.2) is 38.2 Å². The minimum absolute atomic E-state index is 0.0425. The second kappa shape index (κ2) is 8.22. The van der Waals surface area contributed by atoms with E-state index in [0.29, 0.717) is 17.8 Å². The topological polar surface area (TPSA) is 67.9 Å². The molecule has 0 saturated heterocycles. The fourth-order valence-electron chi connectivity index (χ4n) is 3.08. The third-order valence-corrected chi connectivity index (χ3v) is 4.30. The number of fused-ring (bicyclic) bond motifs is 1.